The van der Waals surface area contributed by atoms with Crippen LogP contribution in [0.3, 0.4) is 0 Å². The molecule has 0 bridgehead atoms. The smallest absolute Gasteiger partial charge is 0.269 e. The number of thiocarbonyl (C=S) groups is 1. The number of rotatable bonds is 2. The topological polar surface area (TPSA) is 76.8 Å². The van der Waals surface area contributed by atoms with Gasteiger partial charge in [0.15, 0.2) is 16.6 Å². The molecular formula is C11H13N3O3S. The van der Waals surface area contributed by atoms with Crippen LogP contribution in [0.2, 0.25) is 0 Å². The third-order valence-corrected chi connectivity index (χ3v) is 2.67. The summed E-state index contributed by atoms with van der Waals surface area (Å²) in [5.74, 6) is 0.886. The lowest BCUT2D eigenvalue weighted by Crippen LogP contribution is -2.48. The summed E-state index contributed by atoms with van der Waals surface area (Å²) in [5, 5.41) is 1.51. The van der Waals surface area contributed by atoms with E-state index >= 15 is 0 Å². The van der Waals surface area contributed by atoms with Gasteiger partial charge in [0.25, 0.3) is 5.91 Å². The lowest BCUT2D eigenvalue weighted by molar-refractivity contribution is 0.0874. The predicted octanol–water partition coefficient (Wildman–Crippen LogP) is 0.626. The van der Waals surface area contributed by atoms with E-state index in [1.807, 2.05) is 6.92 Å². The van der Waals surface area contributed by atoms with Crippen molar-refractivity contribution in [3.8, 4) is 11.5 Å². The molecule has 0 atom stereocenters. The van der Waals surface area contributed by atoms with Crippen molar-refractivity contribution < 1.29 is 14.3 Å². The van der Waals surface area contributed by atoms with Crippen LogP contribution in [-0.2, 0) is 0 Å². The second kappa shape index (κ2) is 5.09. The number of ether oxygens (including phenoxy) is 2. The van der Waals surface area contributed by atoms with E-state index in [1.54, 1.807) is 18.2 Å². The Labute approximate surface area is 110 Å². The van der Waals surface area contributed by atoms with Gasteiger partial charge in [0, 0.05) is 12.1 Å². The summed E-state index contributed by atoms with van der Waals surface area (Å²) in [4.78, 5) is 12.0. The minimum absolute atomic E-state index is 0.117. The Balaban J connectivity index is 2.12. The number of carbonyl (C=O) groups is 1. The van der Waals surface area contributed by atoms with Gasteiger partial charge in [-0.05, 0) is 37.3 Å². The maximum Gasteiger partial charge on any atom is 0.269 e. The predicted molar refractivity (Wildman–Crippen MR) is 69.2 cm³/mol. The first kappa shape index (κ1) is 12.4. The van der Waals surface area contributed by atoms with E-state index in [0.717, 1.165) is 0 Å². The van der Waals surface area contributed by atoms with Crippen molar-refractivity contribution in [2.24, 2.45) is 5.73 Å². The molecule has 0 fully saturated rings. The fourth-order valence-electron chi connectivity index (χ4n) is 1.51. The number of amides is 1. The van der Waals surface area contributed by atoms with Gasteiger partial charge in [-0.1, -0.05) is 0 Å². The molecular weight excluding hydrogens is 254 g/mol. The highest BCUT2D eigenvalue weighted by Gasteiger charge is 2.17. The number of benzene rings is 1. The van der Waals surface area contributed by atoms with Crippen LogP contribution in [0, 0.1) is 0 Å². The molecule has 6 nitrogen and oxygen atoms in total. The Bertz CT molecular complexity index is 492. The molecule has 0 spiro atoms. The number of hydrazine groups is 1. The highest BCUT2D eigenvalue weighted by atomic mass is 32.1. The molecule has 0 saturated heterocycles. The van der Waals surface area contributed by atoms with Crippen LogP contribution in [0.15, 0.2) is 18.2 Å². The summed E-state index contributed by atoms with van der Waals surface area (Å²) < 4.78 is 10.4. The zero-order chi connectivity index (χ0) is 13.1. The van der Waals surface area contributed by atoms with E-state index in [2.05, 4.69) is 5.43 Å². The highest BCUT2D eigenvalue weighted by molar-refractivity contribution is 7.80. The molecule has 0 radical (unpaired) electrons. The Morgan fingerprint density at radius 3 is 2.89 bits per heavy atom. The normalized spacial score (nSPS) is 12.1. The first-order valence-electron chi connectivity index (χ1n) is 5.39. The monoisotopic (exact) mass is 267 g/mol. The third kappa shape index (κ3) is 2.45. The zero-order valence-corrected chi connectivity index (χ0v) is 10.6. The van der Waals surface area contributed by atoms with Crippen LogP contribution in [-0.4, -0.2) is 29.4 Å². The minimum Gasteiger partial charge on any atom is -0.454 e. The SMILES string of the molecule is CCN(NC(=O)c1ccc2c(c1)OCO2)C(N)=S. The van der Waals surface area contributed by atoms with E-state index in [1.165, 1.54) is 5.01 Å². The van der Waals surface area contributed by atoms with Crippen LogP contribution in [0.5, 0.6) is 11.5 Å². The Morgan fingerprint density at radius 2 is 2.22 bits per heavy atom. The molecule has 0 aliphatic carbocycles. The summed E-state index contributed by atoms with van der Waals surface area (Å²) in [6, 6.07) is 4.95. The third-order valence-electron chi connectivity index (χ3n) is 2.45. The van der Waals surface area contributed by atoms with Gasteiger partial charge in [0.2, 0.25) is 6.79 Å². The molecule has 7 heteroatoms. The van der Waals surface area contributed by atoms with Gasteiger partial charge in [-0.25, -0.2) is 0 Å². The van der Waals surface area contributed by atoms with E-state index in [4.69, 9.17) is 27.4 Å². The summed E-state index contributed by atoms with van der Waals surface area (Å²) in [6.45, 7) is 2.50. The lowest BCUT2D eigenvalue weighted by atomic mass is 10.2. The van der Waals surface area contributed by atoms with Gasteiger partial charge in [-0.3, -0.25) is 15.2 Å². The second-order valence-corrected chi connectivity index (χ2v) is 4.01. The second-order valence-electron chi connectivity index (χ2n) is 3.59. The Morgan fingerprint density at radius 1 is 1.50 bits per heavy atom. The molecule has 1 aromatic carbocycles. The summed E-state index contributed by atoms with van der Waals surface area (Å²) in [6.07, 6.45) is 0. The van der Waals surface area contributed by atoms with Crippen molar-refractivity contribution in [2.75, 3.05) is 13.3 Å². The first-order chi connectivity index (χ1) is 8.61. The van der Waals surface area contributed by atoms with Gasteiger partial charge < -0.3 is 15.2 Å². The molecule has 1 amide bonds. The standard InChI is InChI=1S/C11H13N3O3S/c1-2-14(11(12)18)13-10(15)7-3-4-8-9(5-7)17-6-16-8/h3-5H,2,6H2,1H3,(H2,12,18)(H,13,15). The maximum absolute atomic E-state index is 12.0. The zero-order valence-electron chi connectivity index (χ0n) is 9.80. The summed E-state index contributed by atoms with van der Waals surface area (Å²) in [7, 11) is 0. The number of nitrogens with two attached hydrogens (primary N) is 1. The van der Waals surface area contributed by atoms with Crippen molar-refractivity contribution in [1.82, 2.24) is 10.4 Å². The number of hydrogen-bond donors (Lipinski definition) is 2. The molecule has 2 rings (SSSR count). The molecule has 18 heavy (non-hydrogen) atoms. The Kier molecular flexibility index (Phi) is 3.52. The molecule has 1 aromatic rings. The van der Waals surface area contributed by atoms with Gasteiger partial charge in [0.1, 0.15) is 0 Å². The van der Waals surface area contributed by atoms with Crippen LogP contribution >= 0.6 is 12.2 Å². The summed E-state index contributed by atoms with van der Waals surface area (Å²) in [5.41, 5.74) is 8.52. The van der Waals surface area contributed by atoms with Crippen LogP contribution < -0.4 is 20.6 Å². The molecule has 1 aliphatic heterocycles. The number of nitrogens with zero attached hydrogens (tertiary/aromatic N) is 1. The van der Waals surface area contributed by atoms with Gasteiger partial charge in [-0.2, -0.15) is 0 Å². The summed E-state index contributed by atoms with van der Waals surface area (Å²) >= 11 is 4.81. The highest BCUT2D eigenvalue weighted by Crippen LogP contribution is 2.32. The number of fused-ring (bicyclic) bond motifs is 1. The van der Waals surface area contributed by atoms with Crippen LogP contribution in [0.1, 0.15) is 17.3 Å². The van der Waals surface area contributed by atoms with Gasteiger partial charge in [-0.15, -0.1) is 0 Å². The van der Waals surface area contributed by atoms with E-state index < -0.39 is 0 Å². The number of nitrogens with one attached hydrogen (secondary N) is 1. The molecule has 0 unspecified atom stereocenters. The van der Waals surface area contributed by atoms with Crippen LogP contribution in [0.4, 0.5) is 0 Å². The van der Waals surface area contributed by atoms with Crippen molar-refractivity contribution in [1.29, 1.82) is 0 Å². The molecule has 0 saturated carbocycles. The van der Waals surface area contributed by atoms with Gasteiger partial charge in [0.05, 0.1) is 0 Å². The Hall–Kier alpha value is -2.02. The number of carbonyl (C=O) groups excluding carboxylic acids is 1. The fourth-order valence-corrected chi connectivity index (χ4v) is 1.69. The average molecular weight is 267 g/mol. The van der Waals surface area contributed by atoms with E-state index in [9.17, 15) is 4.79 Å². The van der Waals surface area contributed by atoms with Crippen molar-refractivity contribution in [3.63, 3.8) is 0 Å². The molecule has 1 aliphatic rings. The minimum atomic E-state index is -0.303. The van der Waals surface area contributed by atoms with E-state index in [0.29, 0.717) is 23.6 Å². The van der Waals surface area contributed by atoms with Crippen molar-refractivity contribution in [2.45, 2.75) is 6.92 Å². The van der Waals surface area contributed by atoms with Crippen molar-refractivity contribution >= 4 is 23.2 Å². The largest absolute Gasteiger partial charge is 0.454 e. The van der Waals surface area contributed by atoms with E-state index in [-0.39, 0.29) is 17.8 Å². The lowest BCUT2D eigenvalue weighted by Gasteiger charge is -2.21. The number of hydrogen-bond acceptors (Lipinski definition) is 4. The molecule has 96 valence electrons. The molecule has 3 N–H and O–H groups in total. The van der Waals surface area contributed by atoms with Gasteiger partial charge >= 0.3 is 0 Å². The molecule has 0 aromatic heterocycles. The fraction of sp³-hybridized carbons (Fsp3) is 0.273. The quantitative estimate of drug-likeness (QED) is 0.604. The molecule has 1 heterocycles. The average Bonchev–Trinajstić information content (AvgIpc) is 2.82. The maximum atomic E-state index is 12.0. The first-order valence-corrected chi connectivity index (χ1v) is 5.80. The van der Waals surface area contributed by atoms with Crippen molar-refractivity contribution in [3.05, 3.63) is 23.8 Å². The van der Waals surface area contributed by atoms with Crippen LogP contribution in [0.25, 0.3) is 0 Å².